The Morgan fingerprint density at radius 3 is 2.38 bits per heavy atom. The molecule has 3 unspecified atom stereocenters. The molecule has 0 aromatic carbocycles. The fourth-order valence-electron chi connectivity index (χ4n) is 3.32. The quantitative estimate of drug-likeness (QED) is 0.644. The van der Waals surface area contributed by atoms with E-state index in [1.165, 1.54) is 25.7 Å². The molecule has 1 aliphatic heterocycles. The second kappa shape index (κ2) is 4.91. The summed E-state index contributed by atoms with van der Waals surface area (Å²) in [6, 6.07) is 0. The zero-order valence-electron chi connectivity index (χ0n) is 11.8. The van der Waals surface area contributed by atoms with Gasteiger partial charge in [0, 0.05) is 17.6 Å². The van der Waals surface area contributed by atoms with Crippen molar-refractivity contribution >= 4 is 0 Å². The molecule has 1 heterocycles. The van der Waals surface area contributed by atoms with Crippen molar-refractivity contribution in [2.75, 3.05) is 6.54 Å². The maximum Gasteiger partial charge on any atom is 0.0213 e. The lowest BCUT2D eigenvalue weighted by molar-refractivity contribution is -0.0740. The Hall–Kier alpha value is -0.300. The van der Waals surface area contributed by atoms with Crippen LogP contribution >= 0.6 is 0 Å². The third-order valence-electron chi connectivity index (χ3n) is 5.23. The summed E-state index contributed by atoms with van der Waals surface area (Å²) >= 11 is 0. The van der Waals surface area contributed by atoms with Crippen LogP contribution in [0.25, 0.3) is 0 Å². The van der Waals surface area contributed by atoms with Crippen LogP contribution in [0.15, 0.2) is 12.7 Å². The van der Waals surface area contributed by atoms with Crippen molar-refractivity contribution in [2.45, 2.75) is 71.4 Å². The van der Waals surface area contributed by atoms with E-state index in [1.807, 2.05) is 0 Å². The van der Waals surface area contributed by atoms with Crippen LogP contribution in [-0.2, 0) is 0 Å². The van der Waals surface area contributed by atoms with Crippen LogP contribution in [0.4, 0.5) is 0 Å². The molecule has 0 spiro atoms. The van der Waals surface area contributed by atoms with Gasteiger partial charge in [0.1, 0.15) is 0 Å². The lowest BCUT2D eigenvalue weighted by atomic mass is 9.69. The average molecular weight is 223 g/mol. The lowest BCUT2D eigenvalue weighted by Crippen LogP contribution is -2.63. The van der Waals surface area contributed by atoms with Crippen molar-refractivity contribution in [1.29, 1.82) is 0 Å². The predicted octanol–water partition coefficient (Wildman–Crippen LogP) is 4.24. The molecule has 0 N–H and O–H groups in total. The fraction of sp³-hybridized carbons (Fsp3) is 0.867. The Morgan fingerprint density at radius 2 is 1.94 bits per heavy atom. The van der Waals surface area contributed by atoms with E-state index in [0.29, 0.717) is 11.1 Å². The van der Waals surface area contributed by atoms with E-state index in [2.05, 4.69) is 52.2 Å². The van der Waals surface area contributed by atoms with Gasteiger partial charge in [-0.2, -0.15) is 0 Å². The van der Waals surface area contributed by atoms with Gasteiger partial charge in [-0.3, -0.25) is 4.90 Å². The molecule has 1 saturated heterocycles. The fourth-order valence-corrected chi connectivity index (χ4v) is 3.32. The zero-order chi connectivity index (χ0) is 12.4. The van der Waals surface area contributed by atoms with Crippen LogP contribution in [0, 0.1) is 5.92 Å². The average Bonchev–Trinajstić information content (AvgIpc) is 2.30. The minimum atomic E-state index is 0.344. The van der Waals surface area contributed by atoms with E-state index in [0.717, 1.165) is 12.5 Å². The monoisotopic (exact) mass is 223 g/mol. The van der Waals surface area contributed by atoms with Crippen molar-refractivity contribution in [2.24, 2.45) is 5.92 Å². The maximum atomic E-state index is 3.94. The first-order valence-electron chi connectivity index (χ1n) is 6.83. The van der Waals surface area contributed by atoms with Gasteiger partial charge in [0.05, 0.1) is 0 Å². The highest BCUT2D eigenvalue weighted by Gasteiger charge is 2.47. The van der Waals surface area contributed by atoms with Crippen molar-refractivity contribution in [3.63, 3.8) is 0 Å². The first kappa shape index (κ1) is 13.8. The molecular formula is C15H29N. The molecule has 16 heavy (non-hydrogen) atoms. The highest BCUT2D eigenvalue weighted by molar-refractivity contribution is 5.04. The lowest BCUT2D eigenvalue weighted by Gasteiger charge is -2.58. The van der Waals surface area contributed by atoms with Gasteiger partial charge in [0.25, 0.3) is 0 Å². The Labute approximate surface area is 102 Å². The number of hydrogen-bond acceptors (Lipinski definition) is 1. The summed E-state index contributed by atoms with van der Waals surface area (Å²) in [5.41, 5.74) is 0.711. The van der Waals surface area contributed by atoms with E-state index in [-0.39, 0.29) is 0 Å². The molecule has 0 aromatic heterocycles. The Balaban J connectivity index is 3.06. The first-order chi connectivity index (χ1) is 7.44. The van der Waals surface area contributed by atoms with Crippen LogP contribution in [0.5, 0.6) is 0 Å². The number of likely N-dealkylation sites (tertiary alicyclic amines) is 1. The molecular weight excluding hydrogens is 194 g/mol. The predicted molar refractivity (Wildman–Crippen MR) is 72.7 cm³/mol. The summed E-state index contributed by atoms with van der Waals surface area (Å²) in [4.78, 5) is 2.71. The zero-order valence-corrected chi connectivity index (χ0v) is 11.8. The Kier molecular flexibility index (Phi) is 4.23. The second-order valence-electron chi connectivity index (χ2n) is 5.90. The molecule has 0 aromatic rings. The molecule has 0 aliphatic carbocycles. The molecule has 3 atom stereocenters. The molecule has 0 saturated carbocycles. The summed E-state index contributed by atoms with van der Waals surface area (Å²) in [6.07, 6.45) is 7.23. The van der Waals surface area contributed by atoms with E-state index in [1.54, 1.807) is 0 Å². The van der Waals surface area contributed by atoms with Crippen LogP contribution < -0.4 is 0 Å². The Morgan fingerprint density at radius 1 is 1.31 bits per heavy atom. The molecule has 1 fully saturated rings. The maximum absolute atomic E-state index is 3.94. The van der Waals surface area contributed by atoms with Crippen molar-refractivity contribution in [1.82, 2.24) is 4.90 Å². The SMILES string of the molecule is C=CCN1C(C)(CC)CCC(C)C1(C)CC. The van der Waals surface area contributed by atoms with Gasteiger partial charge in [-0.25, -0.2) is 0 Å². The summed E-state index contributed by atoms with van der Waals surface area (Å²) in [5.74, 6) is 0.789. The normalized spacial score (nSPS) is 40.9. The molecule has 0 amide bonds. The van der Waals surface area contributed by atoms with Gasteiger partial charge in [0.15, 0.2) is 0 Å². The second-order valence-corrected chi connectivity index (χ2v) is 5.90. The highest BCUT2D eigenvalue weighted by Crippen LogP contribution is 2.45. The van der Waals surface area contributed by atoms with Crippen molar-refractivity contribution < 1.29 is 0 Å². The molecule has 0 radical (unpaired) electrons. The molecule has 0 bridgehead atoms. The smallest absolute Gasteiger partial charge is 0.0213 e. The molecule has 1 aliphatic rings. The topological polar surface area (TPSA) is 3.24 Å². The van der Waals surface area contributed by atoms with Crippen molar-refractivity contribution in [3.8, 4) is 0 Å². The van der Waals surface area contributed by atoms with Crippen LogP contribution in [0.1, 0.15) is 60.3 Å². The van der Waals surface area contributed by atoms with E-state index in [9.17, 15) is 0 Å². The molecule has 1 heteroatoms. The first-order valence-corrected chi connectivity index (χ1v) is 6.83. The largest absolute Gasteiger partial charge is 0.289 e. The summed E-state index contributed by atoms with van der Waals surface area (Å²) in [7, 11) is 0. The molecule has 94 valence electrons. The third kappa shape index (κ3) is 2.07. The van der Waals surface area contributed by atoms with Crippen LogP contribution in [0.2, 0.25) is 0 Å². The van der Waals surface area contributed by atoms with E-state index < -0.39 is 0 Å². The van der Waals surface area contributed by atoms with Gasteiger partial charge in [-0.05, 0) is 45.4 Å². The summed E-state index contributed by atoms with van der Waals surface area (Å²) in [6.45, 7) is 16.9. The minimum absolute atomic E-state index is 0.344. The third-order valence-corrected chi connectivity index (χ3v) is 5.23. The van der Waals surface area contributed by atoms with Crippen LogP contribution in [0.3, 0.4) is 0 Å². The summed E-state index contributed by atoms with van der Waals surface area (Å²) < 4.78 is 0. The van der Waals surface area contributed by atoms with E-state index >= 15 is 0 Å². The van der Waals surface area contributed by atoms with E-state index in [4.69, 9.17) is 0 Å². The van der Waals surface area contributed by atoms with Gasteiger partial charge < -0.3 is 0 Å². The van der Waals surface area contributed by atoms with Gasteiger partial charge >= 0.3 is 0 Å². The Bertz CT molecular complexity index is 248. The summed E-state index contributed by atoms with van der Waals surface area (Å²) in [5, 5.41) is 0. The van der Waals surface area contributed by atoms with Gasteiger partial charge in [0.2, 0.25) is 0 Å². The highest BCUT2D eigenvalue weighted by atomic mass is 15.3. The van der Waals surface area contributed by atoms with Crippen molar-refractivity contribution in [3.05, 3.63) is 12.7 Å². The number of rotatable bonds is 4. The number of piperidine rings is 1. The molecule has 1 nitrogen and oxygen atoms in total. The van der Waals surface area contributed by atoms with Crippen LogP contribution in [-0.4, -0.2) is 22.5 Å². The number of hydrogen-bond donors (Lipinski definition) is 0. The minimum Gasteiger partial charge on any atom is -0.289 e. The number of nitrogens with zero attached hydrogens (tertiary/aromatic N) is 1. The standard InChI is InChI=1S/C15H29N/c1-7-12-16-14(5,8-2)11-10-13(4)15(16,6)9-3/h7,13H,1,8-12H2,2-6H3. The van der Waals surface area contributed by atoms with Gasteiger partial charge in [-0.15, -0.1) is 6.58 Å². The van der Waals surface area contributed by atoms with Gasteiger partial charge in [-0.1, -0.05) is 26.8 Å². The molecule has 1 rings (SSSR count).